The lowest BCUT2D eigenvalue weighted by molar-refractivity contribution is -0.120. The van der Waals surface area contributed by atoms with Crippen LogP contribution in [0.25, 0.3) is 0 Å². The SMILES string of the molecule is Cc1ccc(C)c(NC(=O)[C@H]2C[C@H](O)CN2C(=O)OC(C)(C)C)c1. The molecule has 1 aliphatic heterocycles. The van der Waals surface area contributed by atoms with Crippen molar-refractivity contribution in [2.45, 2.75) is 58.8 Å². The van der Waals surface area contributed by atoms with Crippen LogP contribution < -0.4 is 5.32 Å². The molecule has 6 nitrogen and oxygen atoms in total. The summed E-state index contributed by atoms with van der Waals surface area (Å²) in [6.45, 7) is 9.25. The Labute approximate surface area is 142 Å². The van der Waals surface area contributed by atoms with Gasteiger partial charge in [-0.05, 0) is 51.8 Å². The lowest BCUT2D eigenvalue weighted by atomic mass is 10.1. The van der Waals surface area contributed by atoms with Crippen LogP contribution in [0.3, 0.4) is 0 Å². The number of rotatable bonds is 2. The Balaban J connectivity index is 2.14. The summed E-state index contributed by atoms with van der Waals surface area (Å²) in [7, 11) is 0. The highest BCUT2D eigenvalue weighted by atomic mass is 16.6. The number of carbonyl (C=O) groups is 2. The van der Waals surface area contributed by atoms with Crippen molar-refractivity contribution in [3.63, 3.8) is 0 Å². The van der Waals surface area contributed by atoms with Gasteiger partial charge >= 0.3 is 6.09 Å². The molecule has 0 saturated carbocycles. The van der Waals surface area contributed by atoms with Crippen LogP contribution in [0.4, 0.5) is 10.5 Å². The third-order valence-electron chi connectivity index (χ3n) is 3.86. The van der Waals surface area contributed by atoms with Crippen molar-refractivity contribution in [1.29, 1.82) is 0 Å². The fourth-order valence-corrected chi connectivity index (χ4v) is 2.67. The molecule has 6 heteroatoms. The van der Waals surface area contributed by atoms with Gasteiger partial charge in [0.1, 0.15) is 11.6 Å². The van der Waals surface area contributed by atoms with Crippen LogP contribution in [0, 0.1) is 13.8 Å². The predicted molar refractivity (Wildman–Crippen MR) is 91.9 cm³/mol. The van der Waals surface area contributed by atoms with E-state index in [2.05, 4.69) is 5.32 Å². The Morgan fingerprint density at radius 2 is 1.96 bits per heavy atom. The van der Waals surface area contributed by atoms with Gasteiger partial charge in [-0.1, -0.05) is 12.1 Å². The lowest BCUT2D eigenvalue weighted by Gasteiger charge is -2.28. The van der Waals surface area contributed by atoms with Gasteiger partial charge in [0.15, 0.2) is 0 Å². The molecule has 2 amide bonds. The van der Waals surface area contributed by atoms with E-state index in [4.69, 9.17) is 4.74 Å². The second-order valence-corrected chi connectivity index (χ2v) is 7.35. The molecule has 2 N–H and O–H groups in total. The fraction of sp³-hybridized carbons (Fsp3) is 0.556. The number of amides is 2. The van der Waals surface area contributed by atoms with E-state index in [1.165, 1.54) is 4.90 Å². The highest BCUT2D eigenvalue weighted by molar-refractivity contribution is 5.97. The van der Waals surface area contributed by atoms with E-state index in [9.17, 15) is 14.7 Å². The number of anilines is 1. The molecular formula is C18H26N2O4. The quantitative estimate of drug-likeness (QED) is 0.871. The van der Waals surface area contributed by atoms with Crippen molar-refractivity contribution < 1.29 is 19.4 Å². The molecule has 0 aromatic heterocycles. The Bertz CT molecular complexity index is 636. The van der Waals surface area contributed by atoms with Gasteiger partial charge in [-0.2, -0.15) is 0 Å². The molecule has 2 atom stereocenters. The van der Waals surface area contributed by atoms with Crippen LogP contribution in [-0.4, -0.2) is 46.3 Å². The van der Waals surface area contributed by atoms with E-state index in [1.54, 1.807) is 20.8 Å². The summed E-state index contributed by atoms with van der Waals surface area (Å²) >= 11 is 0. The number of hydrogen-bond acceptors (Lipinski definition) is 4. The first-order valence-electron chi connectivity index (χ1n) is 8.12. The molecule has 24 heavy (non-hydrogen) atoms. The number of benzene rings is 1. The fourth-order valence-electron chi connectivity index (χ4n) is 2.67. The van der Waals surface area contributed by atoms with E-state index in [0.29, 0.717) is 5.69 Å². The van der Waals surface area contributed by atoms with Gasteiger partial charge in [-0.3, -0.25) is 9.69 Å². The van der Waals surface area contributed by atoms with E-state index in [0.717, 1.165) is 11.1 Å². The molecule has 1 aliphatic rings. The van der Waals surface area contributed by atoms with Crippen molar-refractivity contribution >= 4 is 17.7 Å². The Morgan fingerprint density at radius 1 is 1.29 bits per heavy atom. The minimum absolute atomic E-state index is 0.0970. The normalized spacial score (nSPS) is 20.8. The summed E-state index contributed by atoms with van der Waals surface area (Å²) in [5, 5.41) is 12.8. The van der Waals surface area contributed by atoms with Gasteiger partial charge in [-0.15, -0.1) is 0 Å². The Morgan fingerprint density at radius 3 is 2.58 bits per heavy atom. The monoisotopic (exact) mass is 334 g/mol. The molecule has 132 valence electrons. The molecule has 1 aromatic carbocycles. The highest BCUT2D eigenvalue weighted by Gasteiger charge is 2.41. The largest absolute Gasteiger partial charge is 0.444 e. The van der Waals surface area contributed by atoms with Gasteiger partial charge in [0.05, 0.1) is 12.6 Å². The van der Waals surface area contributed by atoms with Crippen LogP contribution in [0.5, 0.6) is 0 Å². The summed E-state index contributed by atoms with van der Waals surface area (Å²) < 4.78 is 5.34. The molecule has 1 saturated heterocycles. The molecule has 1 fully saturated rings. The third kappa shape index (κ3) is 4.47. The number of likely N-dealkylation sites (tertiary alicyclic amines) is 1. The maximum absolute atomic E-state index is 12.6. The van der Waals surface area contributed by atoms with Crippen molar-refractivity contribution in [3.05, 3.63) is 29.3 Å². The van der Waals surface area contributed by atoms with E-state index in [-0.39, 0.29) is 18.9 Å². The first-order chi connectivity index (χ1) is 11.1. The van der Waals surface area contributed by atoms with Crippen LogP contribution in [-0.2, 0) is 9.53 Å². The maximum atomic E-state index is 12.6. The lowest BCUT2D eigenvalue weighted by Crippen LogP contribution is -2.45. The van der Waals surface area contributed by atoms with Crippen molar-refractivity contribution in [2.24, 2.45) is 0 Å². The molecular weight excluding hydrogens is 308 g/mol. The number of aliphatic hydroxyl groups excluding tert-OH is 1. The van der Waals surface area contributed by atoms with Gasteiger partial charge in [-0.25, -0.2) is 4.79 Å². The summed E-state index contributed by atoms with van der Waals surface area (Å²) in [5.74, 6) is -0.314. The van der Waals surface area contributed by atoms with E-state index in [1.807, 2.05) is 32.0 Å². The standard InChI is InChI=1S/C18H26N2O4/c1-11-6-7-12(2)14(8-11)19-16(22)15-9-13(21)10-20(15)17(23)24-18(3,4)5/h6-8,13,15,21H,9-10H2,1-5H3,(H,19,22)/t13-,15+/m0/s1. The number of aliphatic hydroxyl groups is 1. The van der Waals surface area contributed by atoms with Crippen molar-refractivity contribution in [3.8, 4) is 0 Å². The molecule has 0 spiro atoms. The summed E-state index contributed by atoms with van der Waals surface area (Å²) in [5.41, 5.74) is 2.03. The Kier molecular flexibility index (Phi) is 5.18. The molecule has 1 heterocycles. The van der Waals surface area contributed by atoms with Gasteiger partial charge in [0, 0.05) is 12.1 Å². The molecule has 2 rings (SSSR count). The van der Waals surface area contributed by atoms with Gasteiger partial charge in [0.2, 0.25) is 5.91 Å². The van der Waals surface area contributed by atoms with Crippen LogP contribution in [0.2, 0.25) is 0 Å². The predicted octanol–water partition coefficient (Wildman–Crippen LogP) is 2.61. The zero-order valence-corrected chi connectivity index (χ0v) is 14.9. The zero-order chi connectivity index (χ0) is 18.1. The Hall–Kier alpha value is -2.08. The number of nitrogens with zero attached hydrogens (tertiary/aromatic N) is 1. The minimum atomic E-state index is -0.741. The number of β-amino-alcohol motifs (C(OH)–C–C–N with tert-alkyl or cyclic N) is 1. The molecule has 0 aliphatic carbocycles. The topological polar surface area (TPSA) is 78.9 Å². The molecule has 0 bridgehead atoms. The first kappa shape index (κ1) is 18.3. The molecule has 0 unspecified atom stereocenters. The number of hydrogen-bond donors (Lipinski definition) is 2. The van der Waals surface area contributed by atoms with Gasteiger partial charge in [0.25, 0.3) is 0 Å². The maximum Gasteiger partial charge on any atom is 0.411 e. The summed E-state index contributed by atoms with van der Waals surface area (Å²) in [4.78, 5) is 26.2. The number of nitrogens with one attached hydrogen (secondary N) is 1. The van der Waals surface area contributed by atoms with Crippen molar-refractivity contribution in [1.82, 2.24) is 4.90 Å². The minimum Gasteiger partial charge on any atom is -0.444 e. The summed E-state index contributed by atoms with van der Waals surface area (Å²) in [6, 6.07) is 5.04. The van der Waals surface area contributed by atoms with E-state index >= 15 is 0 Å². The van der Waals surface area contributed by atoms with Crippen LogP contribution in [0.15, 0.2) is 18.2 Å². The number of carbonyl (C=O) groups excluding carboxylic acids is 2. The second kappa shape index (κ2) is 6.81. The second-order valence-electron chi connectivity index (χ2n) is 7.35. The average Bonchev–Trinajstić information content (AvgIpc) is 2.83. The number of ether oxygens (including phenoxy) is 1. The molecule has 0 radical (unpaired) electrons. The smallest absolute Gasteiger partial charge is 0.411 e. The van der Waals surface area contributed by atoms with Crippen LogP contribution >= 0.6 is 0 Å². The van der Waals surface area contributed by atoms with Crippen LogP contribution in [0.1, 0.15) is 38.3 Å². The van der Waals surface area contributed by atoms with E-state index < -0.39 is 23.8 Å². The highest BCUT2D eigenvalue weighted by Crippen LogP contribution is 2.24. The number of aryl methyl sites for hydroxylation is 2. The molecule has 1 aromatic rings. The van der Waals surface area contributed by atoms with Crippen molar-refractivity contribution in [2.75, 3.05) is 11.9 Å². The first-order valence-corrected chi connectivity index (χ1v) is 8.12. The summed E-state index contributed by atoms with van der Waals surface area (Å²) in [6.07, 6.45) is -1.11. The third-order valence-corrected chi connectivity index (χ3v) is 3.86. The van der Waals surface area contributed by atoms with Gasteiger partial charge < -0.3 is 15.2 Å². The average molecular weight is 334 g/mol. The zero-order valence-electron chi connectivity index (χ0n) is 14.9.